The van der Waals surface area contributed by atoms with Crippen LogP contribution in [0.4, 0.5) is 10.5 Å². The molecule has 2 N–H and O–H groups in total. The van der Waals surface area contributed by atoms with E-state index in [1.165, 1.54) is 18.3 Å². The number of aromatic nitrogens is 2. The van der Waals surface area contributed by atoms with E-state index in [1.807, 2.05) is 36.4 Å². The highest BCUT2D eigenvalue weighted by atomic mass is 35.5. The highest BCUT2D eigenvalue weighted by molar-refractivity contribution is 6.37. The number of aromatic hydroxyl groups is 1. The first-order valence-electron chi connectivity index (χ1n) is 9.40. The van der Waals surface area contributed by atoms with E-state index in [4.69, 9.17) is 33.2 Å². The molecule has 0 radical (unpaired) electrons. The second kappa shape index (κ2) is 9.16. The molecular weight excluding hydrogens is 467 g/mol. The predicted molar refractivity (Wildman–Crippen MR) is 123 cm³/mol. The zero-order chi connectivity index (χ0) is 23.5. The van der Waals surface area contributed by atoms with E-state index in [0.717, 1.165) is 10.6 Å². The molecule has 33 heavy (non-hydrogen) atoms. The molecule has 2 amide bonds. The lowest BCUT2D eigenvalue weighted by molar-refractivity contribution is 0.248. The van der Waals surface area contributed by atoms with Crippen LogP contribution in [0.15, 0.2) is 66.0 Å². The van der Waals surface area contributed by atoms with Crippen LogP contribution in [0.5, 0.6) is 17.5 Å². The summed E-state index contributed by atoms with van der Waals surface area (Å²) in [5.41, 5.74) is 1.53. The number of anilines is 1. The number of ether oxygens (including phenoxy) is 1. The first-order valence-corrected chi connectivity index (χ1v) is 10.2. The Balaban J connectivity index is 1.62. The van der Waals surface area contributed by atoms with E-state index in [2.05, 4.69) is 27.0 Å². The number of nitriles is 1. The third kappa shape index (κ3) is 4.72. The van der Waals surface area contributed by atoms with Crippen LogP contribution >= 0.6 is 23.2 Å². The van der Waals surface area contributed by atoms with Gasteiger partial charge in [0.1, 0.15) is 6.07 Å². The Bertz CT molecular complexity index is 1310. The fraction of sp³-hybridized carbons (Fsp3) is 0.0455. The molecule has 0 atom stereocenters. The van der Waals surface area contributed by atoms with Crippen LogP contribution in [0.1, 0.15) is 11.3 Å². The molecule has 11 heteroatoms. The van der Waals surface area contributed by atoms with Gasteiger partial charge in [-0.15, -0.1) is 0 Å². The third-order valence-corrected chi connectivity index (χ3v) is 5.06. The molecule has 1 aromatic heterocycles. The van der Waals surface area contributed by atoms with Gasteiger partial charge in [-0.1, -0.05) is 60.1 Å². The number of nitrogens with zero attached hydrogens (tertiary/aromatic N) is 5. The normalized spacial score (nSPS) is 13.2. The highest BCUT2D eigenvalue weighted by Gasteiger charge is 2.26. The van der Waals surface area contributed by atoms with Gasteiger partial charge in [-0.2, -0.15) is 25.3 Å². The number of halogens is 2. The van der Waals surface area contributed by atoms with Gasteiger partial charge in [-0.3, -0.25) is 0 Å². The van der Waals surface area contributed by atoms with Crippen molar-refractivity contribution in [3.63, 3.8) is 0 Å². The Morgan fingerprint density at radius 3 is 2.58 bits per heavy atom. The molecule has 0 unspecified atom stereocenters. The van der Waals surface area contributed by atoms with Gasteiger partial charge in [0.15, 0.2) is 17.2 Å². The summed E-state index contributed by atoms with van der Waals surface area (Å²) in [7, 11) is 0. The number of carbonyl (C=O) groups excluding carboxylic acids is 1. The van der Waals surface area contributed by atoms with Gasteiger partial charge in [-0.25, -0.2) is 4.79 Å². The lowest BCUT2D eigenvalue weighted by atomic mass is 10.1. The van der Waals surface area contributed by atoms with E-state index < -0.39 is 6.03 Å². The maximum Gasteiger partial charge on any atom is 0.347 e. The molecule has 1 aliphatic rings. The minimum atomic E-state index is -0.632. The zero-order valence-electron chi connectivity index (χ0n) is 16.8. The summed E-state index contributed by atoms with van der Waals surface area (Å²) < 4.78 is 5.68. The predicted octanol–water partition coefficient (Wildman–Crippen LogP) is 4.79. The molecule has 0 saturated carbocycles. The Hall–Kier alpha value is -4.13. The van der Waals surface area contributed by atoms with Crippen molar-refractivity contribution in [3.05, 3.63) is 82.2 Å². The summed E-state index contributed by atoms with van der Waals surface area (Å²) in [6.45, 7) is 3.56. The van der Waals surface area contributed by atoms with Crippen LogP contribution < -0.4 is 15.1 Å². The zero-order valence-corrected chi connectivity index (χ0v) is 18.3. The number of urea groups is 1. The topological polar surface area (TPSA) is 124 Å². The van der Waals surface area contributed by atoms with E-state index in [1.54, 1.807) is 0 Å². The summed E-state index contributed by atoms with van der Waals surface area (Å²) >= 11 is 12.7. The molecular formula is C22H14Cl2N6O3. The number of hydrogen-bond acceptors (Lipinski definition) is 7. The Morgan fingerprint density at radius 1 is 1.21 bits per heavy atom. The van der Waals surface area contributed by atoms with Gasteiger partial charge >= 0.3 is 12.0 Å². The van der Waals surface area contributed by atoms with Crippen molar-refractivity contribution in [3.8, 4) is 23.6 Å². The second-order valence-corrected chi connectivity index (χ2v) is 7.58. The minimum absolute atomic E-state index is 0.0460. The number of carbonyl (C=O) groups is 1. The number of allylic oxidation sites excluding steroid dienone is 1. The first-order chi connectivity index (χ1) is 15.9. The van der Waals surface area contributed by atoms with Crippen LogP contribution in [-0.2, 0) is 6.42 Å². The smallest absolute Gasteiger partial charge is 0.347 e. The average Bonchev–Trinajstić information content (AvgIpc) is 2.79. The molecule has 0 fully saturated rings. The summed E-state index contributed by atoms with van der Waals surface area (Å²) in [6, 6.07) is 13.4. The lowest BCUT2D eigenvalue weighted by Gasteiger charge is -2.24. The minimum Gasteiger partial charge on any atom is -0.504 e. The van der Waals surface area contributed by atoms with E-state index in [-0.39, 0.29) is 44.7 Å². The highest BCUT2D eigenvalue weighted by Crippen LogP contribution is 2.39. The molecule has 2 aromatic carbocycles. The molecule has 3 aromatic rings. The van der Waals surface area contributed by atoms with E-state index in [9.17, 15) is 9.90 Å². The van der Waals surface area contributed by atoms with Crippen molar-refractivity contribution < 1.29 is 14.6 Å². The van der Waals surface area contributed by atoms with Crippen LogP contribution in [0.3, 0.4) is 0 Å². The Kier molecular flexibility index (Phi) is 6.13. The Labute approximate surface area is 198 Å². The van der Waals surface area contributed by atoms with Crippen LogP contribution in [0.2, 0.25) is 10.0 Å². The number of nitrogens with one attached hydrogen (secondary N) is 1. The Morgan fingerprint density at radius 2 is 1.91 bits per heavy atom. The molecule has 0 bridgehead atoms. The lowest BCUT2D eigenvalue weighted by Crippen LogP contribution is -2.42. The third-order valence-electron chi connectivity index (χ3n) is 4.50. The molecule has 9 nitrogen and oxygen atoms in total. The molecule has 164 valence electrons. The van der Waals surface area contributed by atoms with Gasteiger partial charge in [0.05, 0.1) is 33.3 Å². The molecule has 2 heterocycles. The number of amides is 2. The van der Waals surface area contributed by atoms with Crippen LogP contribution in [-0.4, -0.2) is 26.8 Å². The van der Waals surface area contributed by atoms with Crippen molar-refractivity contribution in [2.45, 2.75) is 6.42 Å². The number of rotatable bonds is 5. The van der Waals surface area contributed by atoms with Gasteiger partial charge in [-0.05, 0) is 17.7 Å². The van der Waals surface area contributed by atoms with Crippen molar-refractivity contribution in [2.75, 3.05) is 5.01 Å². The molecule has 1 aliphatic heterocycles. The summed E-state index contributed by atoms with van der Waals surface area (Å²) in [6.07, 6.45) is 1.58. The molecule has 0 aliphatic carbocycles. The fourth-order valence-corrected chi connectivity index (χ4v) is 3.48. The van der Waals surface area contributed by atoms with Gasteiger partial charge in [0, 0.05) is 6.42 Å². The van der Waals surface area contributed by atoms with Crippen molar-refractivity contribution in [2.24, 2.45) is 5.10 Å². The quantitative estimate of drug-likeness (QED) is 0.540. The average molecular weight is 481 g/mol. The number of hydrogen-bond donors (Lipinski definition) is 2. The SMILES string of the molecule is C=C1NC(=O)N(c2cc(Cl)c(Oc3ncc(O)c(Cc4ccccc4)n3)c(Cl)c2)N=C1C#N. The van der Waals surface area contributed by atoms with E-state index in [0.29, 0.717) is 12.1 Å². The van der Waals surface area contributed by atoms with Crippen molar-refractivity contribution in [1.82, 2.24) is 15.3 Å². The standard InChI is InChI=1S/C22H14Cl2N6O3/c1-12-18(10-25)29-30(22(32)27-12)14-8-15(23)20(16(24)9-14)33-21-26-11-19(31)17(28-21)7-13-5-3-2-4-6-13/h2-6,8-9,11,31H,1,7H2,(H,27,32). The first kappa shape index (κ1) is 22.1. The molecule has 4 rings (SSSR count). The monoisotopic (exact) mass is 480 g/mol. The van der Waals surface area contributed by atoms with Gasteiger partial charge < -0.3 is 15.2 Å². The maximum atomic E-state index is 12.3. The van der Waals surface area contributed by atoms with Gasteiger partial charge in [0.2, 0.25) is 0 Å². The summed E-state index contributed by atoms with van der Waals surface area (Å²) in [5.74, 6) is -0.0349. The van der Waals surface area contributed by atoms with Crippen molar-refractivity contribution >= 4 is 40.6 Å². The number of benzene rings is 2. The van der Waals surface area contributed by atoms with Gasteiger partial charge in [0.25, 0.3) is 0 Å². The second-order valence-electron chi connectivity index (χ2n) is 6.77. The van der Waals surface area contributed by atoms with Crippen LogP contribution in [0.25, 0.3) is 0 Å². The van der Waals surface area contributed by atoms with Crippen molar-refractivity contribution in [1.29, 1.82) is 5.26 Å². The molecule has 0 spiro atoms. The van der Waals surface area contributed by atoms with Crippen LogP contribution in [0, 0.1) is 11.3 Å². The maximum absolute atomic E-state index is 12.3. The largest absolute Gasteiger partial charge is 0.504 e. The fourth-order valence-electron chi connectivity index (χ4n) is 2.93. The molecule has 0 saturated heterocycles. The number of hydrazone groups is 1. The summed E-state index contributed by atoms with van der Waals surface area (Å²) in [4.78, 5) is 20.5. The summed E-state index contributed by atoms with van der Waals surface area (Å²) in [5, 5.41) is 26.7. The van der Waals surface area contributed by atoms with E-state index >= 15 is 0 Å².